The van der Waals surface area contributed by atoms with Crippen molar-refractivity contribution in [1.82, 2.24) is 20.2 Å². The number of aromatic nitrogens is 2. The van der Waals surface area contributed by atoms with E-state index in [4.69, 9.17) is 28.2 Å². The Kier molecular flexibility index (Phi) is 7.75. The van der Waals surface area contributed by atoms with Crippen LogP contribution in [0.5, 0.6) is 0 Å². The lowest BCUT2D eigenvalue weighted by Gasteiger charge is -2.42. The molecular weight excluding hydrogens is 491 g/mol. The monoisotopic (exact) mass is 520 g/mol. The van der Waals surface area contributed by atoms with Crippen LogP contribution in [0.4, 0.5) is 0 Å². The van der Waals surface area contributed by atoms with Crippen molar-refractivity contribution in [1.29, 1.82) is 0 Å². The summed E-state index contributed by atoms with van der Waals surface area (Å²) in [6, 6.07) is 25.5. The maximum atomic E-state index is 12.1. The van der Waals surface area contributed by atoms with Gasteiger partial charge in [-0.05, 0) is 42.3 Å². The molecule has 0 amide bonds. The third-order valence-electron chi connectivity index (χ3n) is 6.90. The molecule has 7 heteroatoms. The number of aryl methyl sites for hydroxylation is 1. The molecule has 1 aromatic heterocycles. The first-order valence-corrected chi connectivity index (χ1v) is 13.0. The Morgan fingerprint density at radius 3 is 2.06 bits per heavy atom. The number of aromatic amines is 1. The minimum atomic E-state index is -0.847. The van der Waals surface area contributed by atoms with Gasteiger partial charge in [0.05, 0.1) is 11.7 Å². The minimum absolute atomic E-state index is 0.174. The number of benzene rings is 3. The number of imidazole rings is 1. The van der Waals surface area contributed by atoms with Crippen molar-refractivity contribution >= 4 is 23.2 Å². The fourth-order valence-corrected chi connectivity index (χ4v) is 5.61. The van der Waals surface area contributed by atoms with E-state index in [-0.39, 0.29) is 12.0 Å². The van der Waals surface area contributed by atoms with Gasteiger partial charge >= 0.3 is 0 Å². The number of rotatable bonds is 7. The zero-order chi connectivity index (χ0) is 25.1. The highest BCUT2D eigenvalue weighted by atomic mass is 35.5. The molecule has 36 heavy (non-hydrogen) atoms. The summed E-state index contributed by atoms with van der Waals surface area (Å²) in [6.07, 6.45) is -0.847. The number of nitrogens with zero attached hydrogens (tertiary/aromatic N) is 2. The fourth-order valence-electron chi connectivity index (χ4n) is 5.22. The highest BCUT2D eigenvalue weighted by Gasteiger charge is 2.39. The highest BCUT2D eigenvalue weighted by molar-refractivity contribution is 6.31. The van der Waals surface area contributed by atoms with Crippen molar-refractivity contribution in [3.63, 3.8) is 0 Å². The summed E-state index contributed by atoms with van der Waals surface area (Å²) in [5.41, 5.74) is 4.57. The molecule has 186 valence electrons. The van der Waals surface area contributed by atoms with Gasteiger partial charge in [-0.15, -0.1) is 0 Å². The second-order valence-corrected chi connectivity index (χ2v) is 10.1. The zero-order valence-corrected chi connectivity index (χ0v) is 21.7. The Hall–Kier alpha value is -2.67. The van der Waals surface area contributed by atoms with E-state index in [0.29, 0.717) is 15.7 Å². The summed E-state index contributed by atoms with van der Waals surface area (Å²) in [4.78, 5) is 10.7. The standard InChI is InChI=1S/C29H30Cl2N4O/c1-19-26(34-29(33-19)20-7-3-2-4-8-20)28(36)27(35-15-13-32-14-16-35)25(21-9-5-11-23(30)17-21)22-10-6-12-24(31)18-22/h2-12,17-18,25,27-28,32,36H,13-16H2,1H3,(H,33,34). The molecule has 1 aliphatic rings. The van der Waals surface area contributed by atoms with E-state index in [0.717, 1.165) is 54.4 Å². The number of H-pyrrole nitrogens is 1. The number of aliphatic hydroxyl groups excluding tert-OH is 1. The van der Waals surface area contributed by atoms with Crippen molar-refractivity contribution < 1.29 is 5.11 Å². The third-order valence-corrected chi connectivity index (χ3v) is 7.37. The van der Waals surface area contributed by atoms with Crippen LogP contribution in [0, 0.1) is 6.92 Å². The first kappa shape index (κ1) is 25.0. The van der Waals surface area contributed by atoms with Crippen LogP contribution in [0.1, 0.15) is 34.5 Å². The molecule has 2 unspecified atom stereocenters. The molecule has 1 saturated heterocycles. The van der Waals surface area contributed by atoms with Crippen LogP contribution in [0.2, 0.25) is 10.0 Å². The van der Waals surface area contributed by atoms with Crippen molar-refractivity contribution in [2.75, 3.05) is 26.2 Å². The lowest BCUT2D eigenvalue weighted by atomic mass is 9.80. The third kappa shape index (κ3) is 5.36. The van der Waals surface area contributed by atoms with Gasteiger partial charge in [0, 0.05) is 53.4 Å². The number of piperazine rings is 1. The molecule has 5 nitrogen and oxygen atoms in total. The first-order valence-electron chi connectivity index (χ1n) is 12.3. The Balaban J connectivity index is 1.63. The number of halogens is 2. The number of hydrogen-bond acceptors (Lipinski definition) is 4. The molecule has 4 aromatic rings. The van der Waals surface area contributed by atoms with E-state index < -0.39 is 6.10 Å². The molecule has 0 aliphatic carbocycles. The number of aliphatic hydroxyl groups is 1. The molecule has 1 fully saturated rings. The summed E-state index contributed by atoms with van der Waals surface area (Å²) >= 11 is 12.9. The lowest BCUT2D eigenvalue weighted by molar-refractivity contribution is 0.0295. The summed E-state index contributed by atoms with van der Waals surface area (Å²) in [7, 11) is 0. The molecule has 0 saturated carbocycles. The molecule has 2 heterocycles. The fraction of sp³-hybridized carbons (Fsp3) is 0.276. The average molecular weight is 521 g/mol. The van der Waals surface area contributed by atoms with Crippen LogP contribution in [0.25, 0.3) is 11.4 Å². The van der Waals surface area contributed by atoms with Crippen LogP contribution < -0.4 is 5.32 Å². The summed E-state index contributed by atoms with van der Waals surface area (Å²) in [5.74, 6) is 0.579. The van der Waals surface area contributed by atoms with Crippen LogP contribution in [-0.2, 0) is 0 Å². The van der Waals surface area contributed by atoms with E-state index in [1.807, 2.05) is 73.7 Å². The Bertz CT molecular complexity index is 1260. The van der Waals surface area contributed by atoms with Gasteiger partial charge in [-0.1, -0.05) is 77.8 Å². The van der Waals surface area contributed by atoms with Gasteiger partial charge in [0.2, 0.25) is 0 Å². The van der Waals surface area contributed by atoms with Crippen LogP contribution in [0.15, 0.2) is 78.9 Å². The Morgan fingerprint density at radius 1 is 0.861 bits per heavy atom. The van der Waals surface area contributed by atoms with E-state index in [1.54, 1.807) is 0 Å². The summed E-state index contributed by atoms with van der Waals surface area (Å²) in [5, 5.41) is 16.9. The average Bonchev–Trinajstić information content (AvgIpc) is 3.29. The maximum Gasteiger partial charge on any atom is 0.137 e. The predicted molar refractivity (Wildman–Crippen MR) is 147 cm³/mol. The molecule has 0 bridgehead atoms. The largest absolute Gasteiger partial charge is 0.385 e. The topological polar surface area (TPSA) is 64.2 Å². The number of nitrogens with one attached hydrogen (secondary N) is 2. The van der Waals surface area contributed by atoms with Crippen LogP contribution in [-0.4, -0.2) is 52.2 Å². The normalized spacial score (nSPS) is 16.2. The van der Waals surface area contributed by atoms with Crippen molar-refractivity contribution in [3.8, 4) is 11.4 Å². The molecular formula is C29H30Cl2N4O. The Labute approximate surface area is 222 Å². The SMILES string of the molecule is Cc1[nH]c(-c2ccccc2)nc1C(O)C(C(c1cccc(Cl)c1)c1cccc(Cl)c1)N1CCNCC1. The minimum Gasteiger partial charge on any atom is -0.385 e. The second kappa shape index (κ2) is 11.2. The van der Waals surface area contributed by atoms with E-state index >= 15 is 0 Å². The Morgan fingerprint density at radius 2 is 1.47 bits per heavy atom. The van der Waals surface area contributed by atoms with Gasteiger partial charge in [-0.25, -0.2) is 4.98 Å². The quantitative estimate of drug-likeness (QED) is 0.286. The van der Waals surface area contributed by atoms with Gasteiger partial charge in [-0.3, -0.25) is 4.90 Å². The lowest BCUT2D eigenvalue weighted by Crippen LogP contribution is -2.52. The second-order valence-electron chi connectivity index (χ2n) is 9.27. The van der Waals surface area contributed by atoms with Gasteiger partial charge in [-0.2, -0.15) is 0 Å². The van der Waals surface area contributed by atoms with Crippen LogP contribution >= 0.6 is 23.2 Å². The van der Waals surface area contributed by atoms with E-state index in [1.165, 1.54) is 0 Å². The molecule has 2 atom stereocenters. The molecule has 0 radical (unpaired) electrons. The predicted octanol–water partition coefficient (Wildman–Crippen LogP) is 5.83. The molecule has 1 aliphatic heterocycles. The van der Waals surface area contributed by atoms with Crippen LogP contribution in [0.3, 0.4) is 0 Å². The first-order chi connectivity index (χ1) is 17.5. The van der Waals surface area contributed by atoms with Crippen molar-refractivity contribution in [2.45, 2.75) is 25.0 Å². The molecule has 3 N–H and O–H groups in total. The highest BCUT2D eigenvalue weighted by Crippen LogP contribution is 2.40. The molecule has 3 aromatic carbocycles. The summed E-state index contributed by atoms with van der Waals surface area (Å²) in [6.45, 7) is 5.31. The molecule has 5 rings (SSSR count). The van der Waals surface area contributed by atoms with E-state index in [2.05, 4.69) is 27.3 Å². The van der Waals surface area contributed by atoms with Gasteiger partial charge in [0.15, 0.2) is 0 Å². The number of hydrogen-bond donors (Lipinski definition) is 3. The van der Waals surface area contributed by atoms with Crippen molar-refractivity contribution in [2.24, 2.45) is 0 Å². The summed E-state index contributed by atoms with van der Waals surface area (Å²) < 4.78 is 0. The van der Waals surface area contributed by atoms with Crippen molar-refractivity contribution in [3.05, 3.63) is 111 Å². The maximum absolute atomic E-state index is 12.1. The zero-order valence-electron chi connectivity index (χ0n) is 20.2. The van der Waals surface area contributed by atoms with Gasteiger partial charge in [0.25, 0.3) is 0 Å². The van der Waals surface area contributed by atoms with Gasteiger partial charge in [0.1, 0.15) is 11.9 Å². The smallest absolute Gasteiger partial charge is 0.137 e. The van der Waals surface area contributed by atoms with Gasteiger partial charge < -0.3 is 15.4 Å². The van der Waals surface area contributed by atoms with E-state index in [9.17, 15) is 5.11 Å². The molecule has 0 spiro atoms.